The molecule has 1 aromatic carbocycles. The Morgan fingerprint density at radius 3 is 2.75 bits per heavy atom. The van der Waals surface area contributed by atoms with E-state index in [0.717, 1.165) is 21.5 Å². The SMILES string of the molecule is Brc1nc(-c2ccccc2)n2ccncc12. The molecule has 4 heteroatoms. The number of hydrogen-bond acceptors (Lipinski definition) is 2. The van der Waals surface area contributed by atoms with Crippen LogP contribution >= 0.6 is 15.9 Å². The van der Waals surface area contributed by atoms with Crippen LogP contribution in [0.4, 0.5) is 0 Å². The molecule has 0 unspecified atom stereocenters. The van der Waals surface area contributed by atoms with Gasteiger partial charge in [0.05, 0.1) is 11.7 Å². The molecule has 2 heterocycles. The van der Waals surface area contributed by atoms with E-state index in [1.165, 1.54) is 0 Å². The molecule has 2 aromatic heterocycles. The lowest BCUT2D eigenvalue weighted by atomic mass is 10.2. The Labute approximate surface area is 101 Å². The Morgan fingerprint density at radius 2 is 1.94 bits per heavy atom. The fourth-order valence-corrected chi connectivity index (χ4v) is 2.15. The Balaban J connectivity index is 2.33. The number of hydrogen-bond donors (Lipinski definition) is 0. The highest BCUT2D eigenvalue weighted by molar-refractivity contribution is 9.10. The fraction of sp³-hybridized carbons (Fsp3) is 0. The lowest BCUT2D eigenvalue weighted by Gasteiger charge is -1.99. The van der Waals surface area contributed by atoms with Gasteiger partial charge < -0.3 is 0 Å². The maximum Gasteiger partial charge on any atom is 0.145 e. The van der Waals surface area contributed by atoms with Crippen molar-refractivity contribution in [2.45, 2.75) is 0 Å². The molecule has 0 N–H and O–H groups in total. The maximum atomic E-state index is 4.50. The monoisotopic (exact) mass is 273 g/mol. The smallest absolute Gasteiger partial charge is 0.145 e. The van der Waals surface area contributed by atoms with Crippen molar-refractivity contribution in [3.63, 3.8) is 0 Å². The molecule has 0 spiro atoms. The number of nitrogens with zero attached hydrogens (tertiary/aromatic N) is 3. The Bertz CT molecular complexity index is 631. The average molecular weight is 274 g/mol. The zero-order chi connectivity index (χ0) is 11.0. The van der Waals surface area contributed by atoms with E-state index in [1.807, 2.05) is 40.9 Å². The summed E-state index contributed by atoms with van der Waals surface area (Å²) in [4.78, 5) is 8.59. The number of rotatable bonds is 1. The second-order valence-corrected chi connectivity index (χ2v) is 4.17. The first kappa shape index (κ1) is 9.54. The first-order valence-electron chi connectivity index (χ1n) is 4.89. The Kier molecular flexibility index (Phi) is 2.22. The summed E-state index contributed by atoms with van der Waals surface area (Å²) in [6.45, 7) is 0. The normalized spacial score (nSPS) is 10.8. The van der Waals surface area contributed by atoms with Gasteiger partial charge in [0.1, 0.15) is 10.4 Å². The van der Waals surface area contributed by atoms with Crippen LogP contribution in [0.25, 0.3) is 16.9 Å². The molecule has 0 saturated heterocycles. The predicted octanol–water partition coefficient (Wildman–Crippen LogP) is 3.16. The third-order valence-corrected chi connectivity index (χ3v) is 3.02. The molecular formula is C12H8BrN3. The molecule has 16 heavy (non-hydrogen) atoms. The van der Waals surface area contributed by atoms with Crippen molar-refractivity contribution in [3.8, 4) is 11.4 Å². The fourth-order valence-electron chi connectivity index (χ4n) is 1.69. The molecule has 0 aliphatic rings. The molecule has 0 bridgehead atoms. The van der Waals surface area contributed by atoms with Gasteiger partial charge in [0.25, 0.3) is 0 Å². The summed E-state index contributed by atoms with van der Waals surface area (Å²) in [7, 11) is 0. The molecule has 0 radical (unpaired) electrons. The van der Waals surface area contributed by atoms with E-state index < -0.39 is 0 Å². The molecule has 3 rings (SSSR count). The van der Waals surface area contributed by atoms with E-state index in [0.29, 0.717) is 0 Å². The number of aromatic nitrogens is 3. The minimum Gasteiger partial charge on any atom is -0.296 e. The van der Waals surface area contributed by atoms with Gasteiger partial charge in [-0.2, -0.15) is 0 Å². The summed E-state index contributed by atoms with van der Waals surface area (Å²) < 4.78 is 2.84. The molecule has 0 aliphatic heterocycles. The Morgan fingerprint density at radius 1 is 1.12 bits per heavy atom. The van der Waals surface area contributed by atoms with Gasteiger partial charge in [0, 0.05) is 18.0 Å². The van der Waals surface area contributed by atoms with Gasteiger partial charge in [-0.05, 0) is 15.9 Å². The summed E-state index contributed by atoms with van der Waals surface area (Å²) in [6.07, 6.45) is 5.46. The highest BCUT2D eigenvalue weighted by Crippen LogP contribution is 2.24. The van der Waals surface area contributed by atoms with Crippen LogP contribution in [0.2, 0.25) is 0 Å². The summed E-state index contributed by atoms with van der Waals surface area (Å²) >= 11 is 3.44. The second kappa shape index (κ2) is 3.72. The lowest BCUT2D eigenvalue weighted by Crippen LogP contribution is -1.88. The minimum atomic E-state index is 0.819. The first-order valence-corrected chi connectivity index (χ1v) is 5.68. The summed E-state index contributed by atoms with van der Waals surface area (Å²) in [5.41, 5.74) is 2.07. The molecule has 0 amide bonds. The third-order valence-electron chi connectivity index (χ3n) is 2.43. The standard InChI is InChI=1S/C12H8BrN3/c13-11-10-8-14-6-7-16(10)12(15-11)9-4-2-1-3-5-9/h1-8H. The predicted molar refractivity (Wildman–Crippen MR) is 66.1 cm³/mol. The van der Waals surface area contributed by atoms with Crippen LogP contribution in [0.1, 0.15) is 0 Å². The van der Waals surface area contributed by atoms with Crippen LogP contribution in [-0.2, 0) is 0 Å². The van der Waals surface area contributed by atoms with E-state index in [1.54, 1.807) is 12.4 Å². The van der Waals surface area contributed by atoms with Crippen molar-refractivity contribution < 1.29 is 0 Å². The lowest BCUT2D eigenvalue weighted by molar-refractivity contribution is 1.12. The summed E-state index contributed by atoms with van der Waals surface area (Å²) in [6, 6.07) is 10.1. The number of fused-ring (bicyclic) bond motifs is 1. The van der Waals surface area contributed by atoms with Crippen molar-refractivity contribution in [1.82, 2.24) is 14.4 Å². The highest BCUT2D eigenvalue weighted by Gasteiger charge is 2.09. The van der Waals surface area contributed by atoms with E-state index in [9.17, 15) is 0 Å². The van der Waals surface area contributed by atoms with Gasteiger partial charge in [-0.1, -0.05) is 30.3 Å². The zero-order valence-electron chi connectivity index (χ0n) is 8.34. The molecule has 3 aromatic rings. The molecule has 0 saturated carbocycles. The second-order valence-electron chi connectivity index (χ2n) is 3.42. The average Bonchev–Trinajstić information content (AvgIpc) is 2.69. The summed E-state index contributed by atoms with van der Waals surface area (Å²) in [5, 5.41) is 0. The third kappa shape index (κ3) is 1.42. The molecule has 0 fully saturated rings. The van der Waals surface area contributed by atoms with Crippen molar-refractivity contribution in [2.24, 2.45) is 0 Å². The van der Waals surface area contributed by atoms with Crippen molar-refractivity contribution >= 4 is 21.4 Å². The largest absolute Gasteiger partial charge is 0.296 e. The van der Waals surface area contributed by atoms with Gasteiger partial charge in [-0.15, -0.1) is 0 Å². The molecule has 0 atom stereocenters. The number of halogens is 1. The van der Waals surface area contributed by atoms with Crippen LogP contribution in [0, 0.1) is 0 Å². The summed E-state index contributed by atoms with van der Waals surface area (Å²) in [5.74, 6) is 0.921. The maximum absolute atomic E-state index is 4.50. The molecule has 78 valence electrons. The quantitative estimate of drug-likeness (QED) is 0.682. The topological polar surface area (TPSA) is 30.2 Å². The van der Waals surface area contributed by atoms with Crippen LogP contribution < -0.4 is 0 Å². The van der Waals surface area contributed by atoms with E-state index in [-0.39, 0.29) is 0 Å². The van der Waals surface area contributed by atoms with Gasteiger partial charge in [0.15, 0.2) is 0 Å². The van der Waals surface area contributed by atoms with Gasteiger partial charge in [-0.25, -0.2) is 4.98 Å². The Hall–Kier alpha value is -1.68. The zero-order valence-corrected chi connectivity index (χ0v) is 9.92. The van der Waals surface area contributed by atoms with E-state index in [2.05, 4.69) is 25.9 Å². The van der Waals surface area contributed by atoms with Crippen molar-refractivity contribution in [3.05, 3.63) is 53.5 Å². The number of benzene rings is 1. The van der Waals surface area contributed by atoms with Gasteiger partial charge in [-0.3, -0.25) is 9.38 Å². The number of imidazole rings is 1. The molecule has 3 nitrogen and oxygen atoms in total. The van der Waals surface area contributed by atoms with Crippen LogP contribution in [0.3, 0.4) is 0 Å². The van der Waals surface area contributed by atoms with E-state index in [4.69, 9.17) is 0 Å². The first-order chi connectivity index (χ1) is 7.86. The van der Waals surface area contributed by atoms with Crippen LogP contribution in [0.5, 0.6) is 0 Å². The molecule has 0 aliphatic carbocycles. The van der Waals surface area contributed by atoms with Gasteiger partial charge in [0.2, 0.25) is 0 Å². The van der Waals surface area contributed by atoms with E-state index >= 15 is 0 Å². The van der Waals surface area contributed by atoms with Crippen LogP contribution in [-0.4, -0.2) is 14.4 Å². The molecular weight excluding hydrogens is 266 g/mol. The van der Waals surface area contributed by atoms with Gasteiger partial charge >= 0.3 is 0 Å². The van der Waals surface area contributed by atoms with Crippen LogP contribution in [0.15, 0.2) is 53.5 Å². The van der Waals surface area contributed by atoms with Crippen molar-refractivity contribution in [1.29, 1.82) is 0 Å². The highest BCUT2D eigenvalue weighted by atomic mass is 79.9. The van der Waals surface area contributed by atoms with Crippen molar-refractivity contribution in [2.75, 3.05) is 0 Å². The minimum absolute atomic E-state index is 0.819.